The van der Waals surface area contributed by atoms with Crippen molar-refractivity contribution in [2.24, 2.45) is 0 Å². The average Bonchev–Trinajstić information content (AvgIpc) is 3.75. The van der Waals surface area contributed by atoms with E-state index in [1.165, 1.54) is 91.5 Å². The van der Waals surface area contributed by atoms with E-state index >= 15 is 0 Å². The van der Waals surface area contributed by atoms with Gasteiger partial charge in [0.1, 0.15) is 0 Å². The maximum absolute atomic E-state index is 2.55. The molecular formula is C39H33NS2. The zero-order valence-corrected chi connectivity index (χ0v) is 26.6. The van der Waals surface area contributed by atoms with Crippen molar-refractivity contribution < 1.29 is 0 Å². The number of thiophene rings is 2. The van der Waals surface area contributed by atoms with Crippen LogP contribution in [0.25, 0.3) is 59.5 Å². The summed E-state index contributed by atoms with van der Waals surface area (Å²) in [4.78, 5) is 5.36. The average molecular weight is 580 g/mol. The lowest BCUT2D eigenvalue weighted by Gasteiger charge is -2.25. The Bertz CT molecular complexity index is 2200. The second-order valence-electron chi connectivity index (χ2n) is 12.3. The third kappa shape index (κ3) is 3.53. The van der Waals surface area contributed by atoms with E-state index in [1.54, 1.807) is 0 Å². The Hall–Kier alpha value is -3.92. The van der Waals surface area contributed by atoms with Gasteiger partial charge in [-0.1, -0.05) is 56.3 Å². The van der Waals surface area contributed by atoms with Crippen LogP contribution in [0.2, 0.25) is 0 Å². The van der Waals surface area contributed by atoms with Crippen molar-refractivity contribution in [1.82, 2.24) is 4.57 Å². The predicted molar refractivity (Wildman–Crippen MR) is 184 cm³/mol. The van der Waals surface area contributed by atoms with Gasteiger partial charge in [0.2, 0.25) is 0 Å². The second-order valence-corrected chi connectivity index (χ2v) is 14.9. The SMILES string of the molecule is Cc1ccc(-c2ccc3c(c2)C(C)(C)c2c-3c(C)c(C)c3c4ccc(-c5ccc(C)s5)cc4n(-c4ccccc4)c23)s1. The normalized spacial score (nSPS) is 13.7. The molecule has 3 aromatic heterocycles. The Balaban J connectivity index is 1.50. The standard InChI is InChI=1S/C39H33NS2/c1-22-12-18-33(41-22)26-14-16-29-31(20-26)39(5,6)37-35(29)24(3)25(4)36-30-17-15-27(34-19-13-23(2)42-34)21-32(30)40(38(36)37)28-10-8-7-9-11-28/h7-21H,1-6H3. The summed E-state index contributed by atoms with van der Waals surface area (Å²) in [6, 6.07) is 34.2. The molecule has 206 valence electrons. The van der Waals surface area contributed by atoms with Crippen LogP contribution in [0.1, 0.15) is 45.9 Å². The van der Waals surface area contributed by atoms with Gasteiger partial charge in [0.25, 0.3) is 0 Å². The van der Waals surface area contributed by atoms with Crippen molar-refractivity contribution in [3.63, 3.8) is 0 Å². The molecule has 0 aliphatic heterocycles. The second kappa shape index (κ2) is 9.04. The number of rotatable bonds is 3. The fourth-order valence-electron chi connectivity index (χ4n) is 7.28. The van der Waals surface area contributed by atoms with Gasteiger partial charge in [-0.3, -0.25) is 0 Å². The van der Waals surface area contributed by atoms with E-state index in [0.29, 0.717) is 0 Å². The Morgan fingerprint density at radius 3 is 1.93 bits per heavy atom. The van der Waals surface area contributed by atoms with Gasteiger partial charge in [0.15, 0.2) is 0 Å². The number of aryl methyl sites for hydroxylation is 3. The summed E-state index contributed by atoms with van der Waals surface area (Å²) in [5.41, 5.74) is 14.7. The Kier molecular flexibility index (Phi) is 5.54. The predicted octanol–water partition coefficient (Wildman–Crippen LogP) is 11.8. The molecule has 0 atom stereocenters. The molecule has 0 N–H and O–H groups in total. The highest BCUT2D eigenvalue weighted by atomic mass is 32.1. The summed E-state index contributed by atoms with van der Waals surface area (Å²) in [6.45, 7) is 13.9. The summed E-state index contributed by atoms with van der Waals surface area (Å²) in [5.74, 6) is 0. The highest BCUT2D eigenvalue weighted by Crippen LogP contribution is 2.56. The van der Waals surface area contributed by atoms with Crippen molar-refractivity contribution >= 4 is 44.5 Å². The van der Waals surface area contributed by atoms with E-state index in [2.05, 4.69) is 137 Å². The molecule has 3 heteroatoms. The number of hydrogen-bond acceptors (Lipinski definition) is 2. The van der Waals surface area contributed by atoms with E-state index in [0.717, 1.165) is 0 Å². The molecule has 42 heavy (non-hydrogen) atoms. The molecule has 3 heterocycles. The van der Waals surface area contributed by atoms with E-state index in [4.69, 9.17) is 0 Å². The van der Waals surface area contributed by atoms with Gasteiger partial charge in [-0.25, -0.2) is 0 Å². The molecule has 4 aromatic carbocycles. The van der Waals surface area contributed by atoms with Gasteiger partial charge in [-0.2, -0.15) is 0 Å². The third-order valence-corrected chi connectivity index (χ3v) is 11.5. The minimum absolute atomic E-state index is 0.154. The molecule has 0 bridgehead atoms. The van der Waals surface area contributed by atoms with E-state index in [-0.39, 0.29) is 5.41 Å². The van der Waals surface area contributed by atoms with Gasteiger partial charge in [-0.05, 0) is 121 Å². The molecule has 0 radical (unpaired) electrons. The minimum atomic E-state index is -0.154. The van der Waals surface area contributed by atoms with Crippen LogP contribution in [-0.4, -0.2) is 4.57 Å². The fourth-order valence-corrected chi connectivity index (χ4v) is 9.00. The van der Waals surface area contributed by atoms with Crippen LogP contribution in [0.15, 0.2) is 91.0 Å². The first-order valence-corrected chi connectivity index (χ1v) is 16.3. The van der Waals surface area contributed by atoms with Crippen LogP contribution >= 0.6 is 22.7 Å². The summed E-state index contributed by atoms with van der Waals surface area (Å²) in [5, 5.41) is 2.71. The van der Waals surface area contributed by atoms with Gasteiger partial charge in [-0.15, -0.1) is 22.7 Å². The summed E-state index contributed by atoms with van der Waals surface area (Å²) in [6.07, 6.45) is 0. The molecule has 0 fully saturated rings. The molecule has 0 spiro atoms. The lowest BCUT2D eigenvalue weighted by atomic mass is 9.80. The lowest BCUT2D eigenvalue weighted by Crippen LogP contribution is -2.17. The summed E-state index contributed by atoms with van der Waals surface area (Å²) >= 11 is 3.75. The van der Waals surface area contributed by atoms with Crippen molar-refractivity contribution in [1.29, 1.82) is 0 Å². The van der Waals surface area contributed by atoms with Gasteiger partial charge >= 0.3 is 0 Å². The molecule has 1 nitrogen and oxygen atoms in total. The number of para-hydroxylation sites is 1. The van der Waals surface area contributed by atoms with Gasteiger partial charge < -0.3 is 4.57 Å². The highest BCUT2D eigenvalue weighted by molar-refractivity contribution is 7.15. The van der Waals surface area contributed by atoms with E-state index < -0.39 is 0 Å². The van der Waals surface area contributed by atoms with Gasteiger partial charge in [0, 0.05) is 41.4 Å². The van der Waals surface area contributed by atoms with Crippen molar-refractivity contribution in [3.8, 4) is 37.7 Å². The van der Waals surface area contributed by atoms with Crippen molar-refractivity contribution in [2.45, 2.75) is 47.0 Å². The Labute approximate surface area is 255 Å². The van der Waals surface area contributed by atoms with Crippen LogP contribution in [0.4, 0.5) is 0 Å². The monoisotopic (exact) mass is 579 g/mol. The van der Waals surface area contributed by atoms with Crippen molar-refractivity contribution in [2.75, 3.05) is 0 Å². The van der Waals surface area contributed by atoms with Crippen LogP contribution in [-0.2, 0) is 5.41 Å². The molecule has 0 saturated heterocycles. The van der Waals surface area contributed by atoms with Crippen LogP contribution in [0.5, 0.6) is 0 Å². The number of benzene rings is 4. The Morgan fingerprint density at radius 1 is 0.643 bits per heavy atom. The molecule has 0 saturated carbocycles. The fraction of sp³-hybridized carbons (Fsp3) is 0.179. The first kappa shape index (κ1) is 25.8. The molecule has 8 rings (SSSR count). The zero-order chi connectivity index (χ0) is 28.9. The molecule has 1 aliphatic carbocycles. The number of nitrogens with zero attached hydrogens (tertiary/aromatic N) is 1. The third-order valence-electron chi connectivity index (χ3n) is 9.42. The highest BCUT2D eigenvalue weighted by Gasteiger charge is 2.40. The molecular weight excluding hydrogens is 547 g/mol. The number of fused-ring (bicyclic) bond motifs is 7. The Morgan fingerprint density at radius 2 is 1.29 bits per heavy atom. The van der Waals surface area contributed by atoms with Crippen LogP contribution in [0, 0.1) is 27.7 Å². The van der Waals surface area contributed by atoms with Gasteiger partial charge in [0.05, 0.1) is 11.0 Å². The topological polar surface area (TPSA) is 4.93 Å². The first-order chi connectivity index (χ1) is 20.2. The van der Waals surface area contributed by atoms with E-state index in [1.807, 2.05) is 22.7 Å². The number of aromatic nitrogens is 1. The first-order valence-electron chi connectivity index (χ1n) is 14.7. The molecule has 0 unspecified atom stereocenters. The smallest absolute Gasteiger partial charge is 0.0591 e. The number of hydrogen-bond donors (Lipinski definition) is 0. The maximum atomic E-state index is 2.55. The maximum Gasteiger partial charge on any atom is 0.0591 e. The lowest BCUT2D eigenvalue weighted by molar-refractivity contribution is 0.664. The van der Waals surface area contributed by atoms with E-state index in [9.17, 15) is 0 Å². The van der Waals surface area contributed by atoms with Crippen LogP contribution in [0.3, 0.4) is 0 Å². The molecule has 0 amide bonds. The summed E-state index contributed by atoms with van der Waals surface area (Å²) in [7, 11) is 0. The summed E-state index contributed by atoms with van der Waals surface area (Å²) < 4.78 is 2.55. The molecule has 1 aliphatic rings. The van der Waals surface area contributed by atoms with Crippen LogP contribution < -0.4 is 0 Å². The largest absolute Gasteiger partial charge is 0.309 e. The van der Waals surface area contributed by atoms with Crippen molar-refractivity contribution in [3.05, 3.63) is 123 Å². The zero-order valence-electron chi connectivity index (χ0n) is 24.9. The minimum Gasteiger partial charge on any atom is -0.309 e. The molecule has 7 aromatic rings. The quantitative estimate of drug-likeness (QED) is 0.196.